The minimum atomic E-state index is -0.448. The molecule has 0 aliphatic heterocycles. The van der Waals surface area contributed by atoms with Gasteiger partial charge in [-0.25, -0.2) is 4.98 Å². The fourth-order valence-corrected chi connectivity index (χ4v) is 3.17. The average Bonchev–Trinajstić information content (AvgIpc) is 2.85. The van der Waals surface area contributed by atoms with Gasteiger partial charge in [0.2, 0.25) is 0 Å². The summed E-state index contributed by atoms with van der Waals surface area (Å²) in [4.78, 5) is 17.6. The Labute approximate surface area is 125 Å². The lowest BCUT2D eigenvalue weighted by Gasteiger charge is -1.95. The molecule has 0 atom stereocenters. The van der Waals surface area contributed by atoms with Crippen LogP contribution in [-0.2, 0) is 0 Å². The zero-order valence-corrected chi connectivity index (χ0v) is 12.4. The van der Waals surface area contributed by atoms with E-state index in [1.54, 1.807) is 4.40 Å². The molecule has 6 heteroatoms. The topological polar surface area (TPSA) is 34.4 Å². The van der Waals surface area contributed by atoms with Crippen molar-refractivity contribution in [2.45, 2.75) is 6.92 Å². The first-order valence-electron chi connectivity index (χ1n) is 5.40. The molecule has 0 saturated carbocycles. The molecule has 0 unspecified atom stereocenters. The number of hydrogen-bond donors (Lipinski definition) is 0. The van der Waals surface area contributed by atoms with Crippen molar-refractivity contribution in [1.82, 2.24) is 9.38 Å². The highest BCUT2D eigenvalue weighted by molar-refractivity contribution is 7.17. The van der Waals surface area contributed by atoms with Crippen LogP contribution in [0.25, 0.3) is 16.2 Å². The molecule has 98 valence electrons. The number of halogens is 2. The second kappa shape index (κ2) is 5.33. The number of thiazole rings is 1. The van der Waals surface area contributed by atoms with E-state index in [0.717, 1.165) is 21.1 Å². The van der Waals surface area contributed by atoms with Crippen LogP contribution in [0.15, 0.2) is 36.5 Å². The van der Waals surface area contributed by atoms with Crippen molar-refractivity contribution in [3.8, 4) is 11.3 Å². The third kappa shape index (κ3) is 2.39. The van der Waals surface area contributed by atoms with E-state index in [0.29, 0.717) is 5.69 Å². The van der Waals surface area contributed by atoms with Gasteiger partial charge >= 0.3 is 0 Å². The monoisotopic (exact) mass is 312 g/mol. The van der Waals surface area contributed by atoms with E-state index < -0.39 is 5.24 Å². The van der Waals surface area contributed by atoms with E-state index in [9.17, 15) is 4.79 Å². The number of nitrogens with zero attached hydrogens (tertiary/aromatic N) is 2. The van der Waals surface area contributed by atoms with E-state index in [4.69, 9.17) is 11.6 Å². The van der Waals surface area contributed by atoms with Crippen LogP contribution < -0.4 is 0 Å². The molecular formula is C13H10Cl2N2OS. The highest BCUT2D eigenvalue weighted by atomic mass is 35.5. The number of aromatic nitrogens is 2. The van der Waals surface area contributed by atoms with E-state index in [2.05, 4.69) is 4.98 Å². The highest BCUT2D eigenvalue weighted by Gasteiger charge is 2.17. The van der Waals surface area contributed by atoms with Gasteiger partial charge in [-0.05, 0) is 18.5 Å². The Morgan fingerprint density at radius 1 is 1.32 bits per heavy atom. The molecule has 3 nitrogen and oxygen atoms in total. The third-order valence-electron chi connectivity index (χ3n) is 2.75. The van der Waals surface area contributed by atoms with Gasteiger partial charge in [-0.1, -0.05) is 30.3 Å². The van der Waals surface area contributed by atoms with Crippen molar-refractivity contribution in [3.05, 3.63) is 47.1 Å². The minimum Gasteiger partial charge on any atom is -0.285 e. The normalized spacial score (nSPS) is 10.4. The lowest BCUT2D eigenvalue weighted by atomic mass is 10.2. The van der Waals surface area contributed by atoms with E-state index in [1.807, 2.05) is 43.5 Å². The van der Waals surface area contributed by atoms with Gasteiger partial charge in [0.25, 0.3) is 5.24 Å². The van der Waals surface area contributed by atoms with E-state index in [-0.39, 0.29) is 12.4 Å². The second-order valence-corrected chi connectivity index (χ2v) is 5.45. The predicted octanol–water partition coefficient (Wildman–Crippen LogP) is 4.17. The van der Waals surface area contributed by atoms with Crippen LogP contribution in [0.3, 0.4) is 0 Å². The number of benzene rings is 1. The number of imidazole rings is 1. The van der Waals surface area contributed by atoms with Crippen LogP contribution in [0.5, 0.6) is 0 Å². The van der Waals surface area contributed by atoms with Gasteiger partial charge in [-0.3, -0.25) is 9.20 Å². The maximum Gasteiger partial charge on any atom is 0.270 e. The van der Waals surface area contributed by atoms with Gasteiger partial charge in [-0.15, -0.1) is 23.7 Å². The van der Waals surface area contributed by atoms with Crippen LogP contribution in [0, 0.1) is 6.92 Å². The van der Waals surface area contributed by atoms with Crippen LogP contribution in [0.2, 0.25) is 0 Å². The molecule has 0 aliphatic carbocycles. The quantitative estimate of drug-likeness (QED) is 0.665. The molecule has 0 aliphatic rings. The standard InChI is InChI=1S/C13H9ClN2OS.ClH/c1-8-11(12(14)17)16-7-10(15-13(16)18-8)9-5-3-2-4-6-9;/h2-7H,1H3;1H. The lowest BCUT2D eigenvalue weighted by molar-refractivity contribution is 0.107. The highest BCUT2D eigenvalue weighted by Crippen LogP contribution is 2.27. The lowest BCUT2D eigenvalue weighted by Crippen LogP contribution is -1.95. The van der Waals surface area contributed by atoms with Gasteiger partial charge in [0.1, 0.15) is 5.69 Å². The Balaban J connectivity index is 0.00000133. The summed E-state index contributed by atoms with van der Waals surface area (Å²) in [5.74, 6) is 0. The zero-order valence-electron chi connectivity index (χ0n) is 9.96. The van der Waals surface area contributed by atoms with Crippen molar-refractivity contribution in [3.63, 3.8) is 0 Å². The van der Waals surface area contributed by atoms with Gasteiger partial charge in [0, 0.05) is 16.6 Å². The van der Waals surface area contributed by atoms with Gasteiger partial charge in [0.15, 0.2) is 4.96 Å². The largest absolute Gasteiger partial charge is 0.285 e. The number of aryl methyl sites for hydroxylation is 1. The number of carbonyl (C=O) groups excluding carboxylic acids is 1. The van der Waals surface area contributed by atoms with Crippen molar-refractivity contribution in [2.24, 2.45) is 0 Å². The first-order chi connectivity index (χ1) is 8.66. The Bertz CT molecular complexity index is 734. The summed E-state index contributed by atoms with van der Waals surface area (Å²) in [6, 6.07) is 9.85. The third-order valence-corrected chi connectivity index (χ3v) is 3.90. The van der Waals surface area contributed by atoms with Crippen molar-refractivity contribution >= 4 is 45.5 Å². The zero-order chi connectivity index (χ0) is 12.7. The fraction of sp³-hybridized carbons (Fsp3) is 0.0769. The molecule has 0 bridgehead atoms. The molecule has 3 aromatic rings. The molecule has 0 fully saturated rings. The van der Waals surface area contributed by atoms with Crippen molar-refractivity contribution < 1.29 is 4.79 Å². The van der Waals surface area contributed by atoms with Crippen molar-refractivity contribution in [2.75, 3.05) is 0 Å². The summed E-state index contributed by atoms with van der Waals surface area (Å²) in [5, 5.41) is -0.448. The molecule has 2 heterocycles. The SMILES string of the molecule is Cc1sc2nc(-c3ccccc3)cn2c1C(=O)Cl.Cl. The second-order valence-electron chi connectivity index (χ2n) is 3.93. The maximum absolute atomic E-state index is 11.4. The van der Waals surface area contributed by atoms with E-state index >= 15 is 0 Å². The number of rotatable bonds is 2. The first-order valence-corrected chi connectivity index (χ1v) is 6.60. The average molecular weight is 313 g/mol. The summed E-state index contributed by atoms with van der Waals surface area (Å²) in [6.07, 6.45) is 1.85. The van der Waals surface area contributed by atoms with Crippen molar-refractivity contribution in [1.29, 1.82) is 0 Å². The molecule has 0 radical (unpaired) electrons. The Hall–Kier alpha value is -1.36. The summed E-state index contributed by atoms with van der Waals surface area (Å²) < 4.78 is 1.76. The predicted molar refractivity (Wildman–Crippen MR) is 80.7 cm³/mol. The van der Waals surface area contributed by atoms with Crippen LogP contribution in [0.4, 0.5) is 0 Å². The Morgan fingerprint density at radius 2 is 2.00 bits per heavy atom. The maximum atomic E-state index is 11.4. The Kier molecular flexibility index (Phi) is 3.94. The first kappa shape index (κ1) is 14.1. The molecule has 0 amide bonds. The van der Waals surface area contributed by atoms with Crippen LogP contribution in [-0.4, -0.2) is 14.6 Å². The number of fused-ring (bicyclic) bond motifs is 1. The molecule has 19 heavy (non-hydrogen) atoms. The molecule has 2 aromatic heterocycles. The summed E-state index contributed by atoms with van der Waals surface area (Å²) in [7, 11) is 0. The van der Waals surface area contributed by atoms with Gasteiger partial charge in [0.05, 0.1) is 5.69 Å². The minimum absolute atomic E-state index is 0. The van der Waals surface area contributed by atoms with E-state index in [1.165, 1.54) is 11.3 Å². The molecular weight excluding hydrogens is 303 g/mol. The van der Waals surface area contributed by atoms with Gasteiger partial charge in [-0.2, -0.15) is 0 Å². The fourth-order valence-electron chi connectivity index (χ4n) is 1.93. The molecule has 0 spiro atoms. The molecule has 3 rings (SSSR count). The summed E-state index contributed by atoms with van der Waals surface area (Å²) in [5.41, 5.74) is 2.38. The van der Waals surface area contributed by atoms with Gasteiger partial charge < -0.3 is 0 Å². The number of carbonyl (C=O) groups is 1. The van der Waals surface area contributed by atoms with Crippen LogP contribution in [0.1, 0.15) is 15.4 Å². The Morgan fingerprint density at radius 3 is 2.63 bits per heavy atom. The molecule has 1 aromatic carbocycles. The smallest absolute Gasteiger partial charge is 0.270 e. The summed E-state index contributed by atoms with van der Waals surface area (Å²) >= 11 is 7.07. The summed E-state index contributed by atoms with van der Waals surface area (Å²) in [6.45, 7) is 1.87. The molecule has 0 N–H and O–H groups in total. The van der Waals surface area contributed by atoms with Crippen LogP contribution >= 0.6 is 35.3 Å². The number of hydrogen-bond acceptors (Lipinski definition) is 3. The molecule has 0 saturated heterocycles.